The van der Waals surface area contributed by atoms with Crippen LogP contribution in [0.3, 0.4) is 0 Å². The number of hydrogen-bond acceptors (Lipinski definition) is 7. The first-order chi connectivity index (χ1) is 21.1. The number of piperazine rings is 1. The summed E-state index contributed by atoms with van der Waals surface area (Å²) in [7, 11) is 0. The van der Waals surface area contributed by atoms with Gasteiger partial charge in [-0.15, -0.1) is 0 Å². The standard InChI is InChI=1S/C29H32N6O.C4H4O4.H2O/c1-19-6-10-26-22(9-11-27-28(29(30)36)31-18-35(26)27)21(19)12-13-33-14-16-34(17-15-33)25-5-3-4-24-23(25)8-7-20(2)32-24;5-3(6)1-2-4(7)8;/h3-8,10,18H,9,11-17H2,1-2H3,(H2,30,36);1-2H,(H,5,6)(H,7,8);1H2/b;2-1-;. The average molecular weight is 615 g/mol. The van der Waals surface area contributed by atoms with Crippen molar-refractivity contribution in [2.45, 2.75) is 33.1 Å². The van der Waals surface area contributed by atoms with E-state index in [1.54, 1.807) is 6.33 Å². The fourth-order valence-corrected chi connectivity index (χ4v) is 6.06. The normalized spacial score (nSPS) is 14.2. The number of rotatable bonds is 7. The second-order valence-electron chi connectivity index (χ2n) is 11.0. The molecule has 0 bridgehead atoms. The predicted molar refractivity (Wildman–Crippen MR) is 171 cm³/mol. The first-order valence-corrected chi connectivity index (χ1v) is 14.6. The molecule has 4 aromatic rings. The van der Waals surface area contributed by atoms with Gasteiger partial charge < -0.3 is 30.9 Å². The number of aliphatic carboxylic acids is 2. The number of nitrogens with two attached hydrogens (primary N) is 1. The van der Waals surface area contributed by atoms with Gasteiger partial charge in [-0.2, -0.15) is 0 Å². The third kappa shape index (κ3) is 7.36. The van der Waals surface area contributed by atoms with Gasteiger partial charge in [0.25, 0.3) is 5.91 Å². The number of fused-ring (bicyclic) bond motifs is 4. The van der Waals surface area contributed by atoms with Gasteiger partial charge in [0.15, 0.2) is 0 Å². The highest BCUT2D eigenvalue weighted by molar-refractivity contribution is 5.93. The van der Waals surface area contributed by atoms with Crippen LogP contribution in [-0.4, -0.2) is 85.7 Å². The van der Waals surface area contributed by atoms with Crippen LogP contribution >= 0.6 is 0 Å². The fraction of sp³-hybridized carbons (Fsp3) is 0.303. The molecule has 0 radical (unpaired) electrons. The highest BCUT2D eigenvalue weighted by atomic mass is 16.4. The fourth-order valence-electron chi connectivity index (χ4n) is 6.06. The van der Waals surface area contributed by atoms with E-state index in [-0.39, 0.29) is 5.48 Å². The Balaban J connectivity index is 0.000000455. The van der Waals surface area contributed by atoms with Gasteiger partial charge in [0.05, 0.1) is 16.9 Å². The number of amides is 1. The van der Waals surface area contributed by atoms with Crippen LogP contribution in [0, 0.1) is 13.8 Å². The summed E-state index contributed by atoms with van der Waals surface area (Å²) in [6, 6.07) is 15.1. The Morgan fingerprint density at radius 1 is 0.911 bits per heavy atom. The summed E-state index contributed by atoms with van der Waals surface area (Å²) in [5, 5.41) is 16.9. The molecular formula is C33H38N6O6. The van der Waals surface area contributed by atoms with Crippen LogP contribution in [0.15, 0.2) is 60.9 Å². The number of nitrogens with zero attached hydrogens (tertiary/aromatic N) is 5. The van der Waals surface area contributed by atoms with Gasteiger partial charge in [0.2, 0.25) is 0 Å². The second-order valence-corrected chi connectivity index (χ2v) is 11.0. The Morgan fingerprint density at radius 2 is 1.62 bits per heavy atom. The third-order valence-corrected chi connectivity index (χ3v) is 8.22. The van der Waals surface area contributed by atoms with E-state index in [1.165, 1.54) is 27.8 Å². The Kier molecular flexibility index (Phi) is 10.3. The number of carbonyl (C=O) groups excluding carboxylic acids is 1. The van der Waals surface area contributed by atoms with E-state index in [0.29, 0.717) is 17.8 Å². The summed E-state index contributed by atoms with van der Waals surface area (Å²) in [6.07, 6.45) is 5.60. The first-order valence-electron chi connectivity index (χ1n) is 14.6. The smallest absolute Gasteiger partial charge is 0.328 e. The number of carboxylic acid groups (broad SMARTS) is 2. The number of hydrogen-bond donors (Lipinski definition) is 3. The van der Waals surface area contributed by atoms with Crippen LogP contribution in [0.1, 0.15) is 38.6 Å². The quantitative estimate of drug-likeness (QED) is 0.263. The lowest BCUT2D eigenvalue weighted by atomic mass is 9.91. The lowest BCUT2D eigenvalue weighted by Gasteiger charge is -2.37. The minimum Gasteiger partial charge on any atom is -0.478 e. The van der Waals surface area contributed by atoms with E-state index in [2.05, 4.69) is 68.7 Å². The summed E-state index contributed by atoms with van der Waals surface area (Å²) in [5.41, 5.74) is 15.6. The number of benzene rings is 2. The number of carboxylic acids is 2. The molecule has 12 nitrogen and oxygen atoms in total. The van der Waals surface area contributed by atoms with Gasteiger partial charge in [-0.25, -0.2) is 14.6 Å². The van der Waals surface area contributed by atoms with Gasteiger partial charge in [0.1, 0.15) is 12.0 Å². The molecule has 0 aliphatic carbocycles. The van der Waals surface area contributed by atoms with Crippen LogP contribution in [0.4, 0.5) is 5.69 Å². The van der Waals surface area contributed by atoms with E-state index < -0.39 is 17.8 Å². The maximum Gasteiger partial charge on any atom is 0.328 e. The minimum atomic E-state index is -1.26. The molecule has 1 amide bonds. The Hall–Kier alpha value is -5.07. The average Bonchev–Trinajstić information content (AvgIpc) is 3.45. The van der Waals surface area contributed by atoms with Crippen molar-refractivity contribution < 1.29 is 30.1 Å². The molecule has 0 saturated carbocycles. The molecule has 2 aliphatic heterocycles. The maximum absolute atomic E-state index is 11.8. The van der Waals surface area contributed by atoms with E-state index >= 15 is 0 Å². The van der Waals surface area contributed by atoms with E-state index in [0.717, 1.165) is 74.6 Å². The van der Waals surface area contributed by atoms with Crippen molar-refractivity contribution in [1.29, 1.82) is 0 Å². The second kappa shape index (κ2) is 14.1. The zero-order chi connectivity index (χ0) is 31.4. The highest BCUT2D eigenvalue weighted by Crippen LogP contribution is 2.31. The number of imidazole rings is 1. The number of pyridine rings is 1. The monoisotopic (exact) mass is 614 g/mol. The summed E-state index contributed by atoms with van der Waals surface area (Å²) >= 11 is 0. The SMILES string of the molecule is Cc1ccc2c(N3CCN(CCc4c(C)ccc5c4CCc4c(C(N)=O)ncn4-5)CC3)cccc2n1.O.O=C(O)/C=C\C(=O)O. The predicted octanol–water partition coefficient (Wildman–Crippen LogP) is 2.49. The van der Waals surface area contributed by atoms with Gasteiger partial charge >= 0.3 is 11.9 Å². The topological polar surface area (TPSA) is 186 Å². The van der Waals surface area contributed by atoms with E-state index in [4.69, 9.17) is 20.9 Å². The molecule has 6 N–H and O–H groups in total. The zero-order valence-electron chi connectivity index (χ0n) is 25.4. The molecule has 0 unspecified atom stereocenters. The minimum absolute atomic E-state index is 0. The first kappa shape index (κ1) is 32.8. The lowest BCUT2D eigenvalue weighted by molar-refractivity contribution is -0.134. The van der Waals surface area contributed by atoms with Crippen LogP contribution in [0.2, 0.25) is 0 Å². The molecule has 0 spiro atoms. The molecule has 0 atom stereocenters. The van der Waals surface area contributed by atoms with Crippen LogP contribution in [0.25, 0.3) is 16.6 Å². The summed E-state index contributed by atoms with van der Waals surface area (Å²) in [6.45, 7) is 9.45. The van der Waals surface area contributed by atoms with Crippen molar-refractivity contribution >= 4 is 34.4 Å². The molecule has 2 aromatic heterocycles. The molecule has 4 heterocycles. The van der Waals surface area contributed by atoms with Crippen molar-refractivity contribution in [3.05, 3.63) is 94.7 Å². The molecular weight excluding hydrogens is 576 g/mol. The van der Waals surface area contributed by atoms with Gasteiger partial charge in [-0.3, -0.25) is 14.7 Å². The van der Waals surface area contributed by atoms with Crippen LogP contribution in [0.5, 0.6) is 0 Å². The summed E-state index contributed by atoms with van der Waals surface area (Å²) < 4.78 is 2.06. The van der Waals surface area contributed by atoms with E-state index in [1.807, 2.05) is 6.92 Å². The van der Waals surface area contributed by atoms with Crippen molar-refractivity contribution in [3.63, 3.8) is 0 Å². The molecule has 6 rings (SSSR count). The summed E-state index contributed by atoms with van der Waals surface area (Å²) in [5.74, 6) is -2.96. The number of anilines is 1. The number of primary amides is 1. The molecule has 12 heteroatoms. The van der Waals surface area contributed by atoms with Gasteiger partial charge in [-0.05, 0) is 80.1 Å². The number of aryl methyl sites for hydroxylation is 2. The Morgan fingerprint density at radius 3 is 2.29 bits per heavy atom. The van der Waals surface area contributed by atoms with Crippen LogP contribution < -0.4 is 10.6 Å². The molecule has 1 fully saturated rings. The van der Waals surface area contributed by atoms with Gasteiger partial charge in [-0.1, -0.05) is 12.1 Å². The molecule has 1 saturated heterocycles. The van der Waals surface area contributed by atoms with Crippen LogP contribution in [-0.2, 0) is 28.9 Å². The van der Waals surface area contributed by atoms with Crippen molar-refractivity contribution in [2.75, 3.05) is 37.6 Å². The number of carbonyl (C=O) groups is 3. The zero-order valence-corrected chi connectivity index (χ0v) is 25.4. The molecule has 2 aliphatic rings. The summed E-state index contributed by atoms with van der Waals surface area (Å²) in [4.78, 5) is 45.0. The third-order valence-electron chi connectivity index (χ3n) is 8.22. The maximum atomic E-state index is 11.8. The molecule has 45 heavy (non-hydrogen) atoms. The van der Waals surface area contributed by atoms with Crippen molar-refractivity contribution in [1.82, 2.24) is 19.4 Å². The number of aromatic nitrogens is 3. The van der Waals surface area contributed by atoms with Gasteiger partial charge in [0, 0.05) is 61.6 Å². The largest absolute Gasteiger partial charge is 0.478 e. The highest BCUT2D eigenvalue weighted by Gasteiger charge is 2.25. The Bertz CT molecular complexity index is 1740. The Labute approximate surface area is 260 Å². The van der Waals surface area contributed by atoms with E-state index in [9.17, 15) is 14.4 Å². The van der Waals surface area contributed by atoms with Crippen molar-refractivity contribution in [2.24, 2.45) is 5.73 Å². The molecule has 236 valence electrons. The lowest BCUT2D eigenvalue weighted by Crippen LogP contribution is -2.47. The molecule has 2 aromatic carbocycles. The van der Waals surface area contributed by atoms with Crippen molar-refractivity contribution in [3.8, 4) is 5.69 Å².